The van der Waals surface area contributed by atoms with E-state index in [2.05, 4.69) is 21.9 Å². The number of ether oxygens (including phenoxy) is 2. The van der Waals surface area contributed by atoms with Gasteiger partial charge < -0.3 is 19.6 Å². The minimum absolute atomic E-state index is 0.130. The van der Waals surface area contributed by atoms with E-state index >= 15 is 0 Å². The highest BCUT2D eigenvalue weighted by Crippen LogP contribution is 2.29. The molecular weight excluding hydrogens is 414 g/mol. The Morgan fingerprint density at radius 3 is 2.47 bits per heavy atom. The number of hydrogen-bond acceptors (Lipinski definition) is 6. The lowest BCUT2D eigenvalue weighted by Gasteiger charge is -2.46. The van der Waals surface area contributed by atoms with Crippen molar-refractivity contribution in [1.29, 1.82) is 0 Å². The van der Waals surface area contributed by atoms with E-state index in [9.17, 15) is 22.4 Å². The number of rotatable bonds is 2. The number of aromatic amines is 1. The van der Waals surface area contributed by atoms with Crippen molar-refractivity contribution in [1.82, 2.24) is 14.9 Å². The number of morpholine rings is 1. The van der Waals surface area contributed by atoms with Gasteiger partial charge in [-0.25, -0.2) is 14.6 Å². The molecular formula is C18H19F4N3O5. The van der Waals surface area contributed by atoms with Gasteiger partial charge in [-0.3, -0.25) is 4.90 Å². The van der Waals surface area contributed by atoms with Gasteiger partial charge in [0.2, 0.25) is 5.95 Å². The number of fused-ring (bicyclic) bond motifs is 3. The molecule has 2 aromatic heterocycles. The maximum atomic E-state index is 13.6. The van der Waals surface area contributed by atoms with Crippen LogP contribution in [0.2, 0.25) is 0 Å². The molecule has 8 nitrogen and oxygen atoms in total. The van der Waals surface area contributed by atoms with E-state index in [1.165, 1.54) is 12.4 Å². The number of nitrogens with zero attached hydrogens (tertiary/aromatic N) is 2. The number of carboxylic acid groups (broad SMARTS) is 1. The van der Waals surface area contributed by atoms with Crippen molar-refractivity contribution in [3.8, 4) is 0 Å². The summed E-state index contributed by atoms with van der Waals surface area (Å²) in [6.45, 7) is 1.34. The molecule has 4 heterocycles. The van der Waals surface area contributed by atoms with Gasteiger partial charge in [-0.1, -0.05) is 0 Å². The van der Waals surface area contributed by atoms with Gasteiger partial charge in [0.25, 0.3) is 0 Å². The molecule has 0 aromatic carbocycles. The molecule has 1 unspecified atom stereocenters. The van der Waals surface area contributed by atoms with E-state index in [0.717, 1.165) is 12.8 Å². The summed E-state index contributed by atoms with van der Waals surface area (Å²) in [6, 6.07) is 2.18. The van der Waals surface area contributed by atoms with Crippen LogP contribution in [0.3, 0.4) is 0 Å². The van der Waals surface area contributed by atoms with E-state index in [1.54, 1.807) is 6.07 Å². The van der Waals surface area contributed by atoms with Crippen LogP contribution in [0.15, 0.2) is 18.5 Å². The molecule has 12 heteroatoms. The zero-order chi connectivity index (χ0) is 22.1. The van der Waals surface area contributed by atoms with Gasteiger partial charge in [0.05, 0.1) is 18.8 Å². The fraction of sp³-hybridized carbons (Fsp3) is 0.500. The highest BCUT2D eigenvalue weighted by atomic mass is 19.4. The number of carboxylic acids is 1. The fourth-order valence-corrected chi connectivity index (χ4v) is 3.55. The molecule has 30 heavy (non-hydrogen) atoms. The highest BCUT2D eigenvalue weighted by molar-refractivity contribution is 6.03. The lowest BCUT2D eigenvalue weighted by Crippen LogP contribution is -2.56. The molecule has 2 saturated heterocycles. The average Bonchev–Trinajstić information content (AvgIpc) is 3.08. The van der Waals surface area contributed by atoms with Gasteiger partial charge in [0.15, 0.2) is 0 Å². The Bertz CT molecular complexity index is 918. The summed E-state index contributed by atoms with van der Waals surface area (Å²) in [7, 11) is 2.09. The molecule has 2 aliphatic heterocycles. The van der Waals surface area contributed by atoms with Crippen molar-refractivity contribution in [2.24, 2.45) is 0 Å². The summed E-state index contributed by atoms with van der Waals surface area (Å²) >= 11 is 0. The number of piperidine rings is 1. The molecule has 4 rings (SSSR count). The largest absolute Gasteiger partial charge is 0.490 e. The first kappa shape index (κ1) is 22.0. The van der Waals surface area contributed by atoms with Crippen LogP contribution in [0.25, 0.3) is 10.9 Å². The van der Waals surface area contributed by atoms with Crippen molar-refractivity contribution in [3.05, 3.63) is 30.0 Å². The lowest BCUT2D eigenvalue weighted by atomic mass is 9.92. The third-order valence-electron chi connectivity index (χ3n) is 5.13. The summed E-state index contributed by atoms with van der Waals surface area (Å²) in [4.78, 5) is 30.0. The molecule has 3 atom stereocenters. The smallest absolute Gasteiger partial charge is 0.475 e. The molecule has 2 fully saturated rings. The Morgan fingerprint density at radius 1 is 1.30 bits per heavy atom. The first-order valence-electron chi connectivity index (χ1n) is 9.00. The second-order valence-corrected chi connectivity index (χ2v) is 7.04. The van der Waals surface area contributed by atoms with Gasteiger partial charge in [-0.15, -0.1) is 0 Å². The van der Waals surface area contributed by atoms with Gasteiger partial charge in [-0.2, -0.15) is 17.6 Å². The molecule has 0 spiro atoms. The predicted octanol–water partition coefficient (Wildman–Crippen LogP) is 2.35. The minimum atomic E-state index is -5.08. The lowest BCUT2D eigenvalue weighted by molar-refractivity contribution is -0.192. The number of H-pyrrole nitrogens is 1. The van der Waals surface area contributed by atoms with E-state index in [1.807, 2.05) is 0 Å². The summed E-state index contributed by atoms with van der Waals surface area (Å²) in [6.07, 6.45) is -0.862. The zero-order valence-electron chi connectivity index (χ0n) is 15.8. The standard InChI is InChI=1S/C16H18FN3O3.C2HF3O2/c1-20-9-4-11(5-10(20)8-22-7-9)23-16(21)13-6-19-14-12(13)2-3-18-15(14)17;3-2(4,5)1(6)7/h2-3,6,9-11,19H,4-5,7-8H2,1H3;(H,6,7)/t9-,10+,11?;. The van der Waals surface area contributed by atoms with Crippen molar-refractivity contribution in [2.75, 3.05) is 20.3 Å². The van der Waals surface area contributed by atoms with Crippen molar-refractivity contribution >= 4 is 22.8 Å². The number of hydrogen-bond donors (Lipinski definition) is 2. The fourth-order valence-electron chi connectivity index (χ4n) is 3.55. The van der Waals surface area contributed by atoms with Crippen LogP contribution in [0.5, 0.6) is 0 Å². The number of alkyl halides is 3. The third-order valence-corrected chi connectivity index (χ3v) is 5.13. The monoisotopic (exact) mass is 433 g/mol. The van der Waals surface area contributed by atoms with Gasteiger partial charge in [0, 0.05) is 42.7 Å². The predicted molar refractivity (Wildman–Crippen MR) is 94.3 cm³/mol. The Morgan fingerprint density at radius 2 is 1.90 bits per heavy atom. The normalized spacial score (nSPS) is 24.1. The van der Waals surface area contributed by atoms with Crippen molar-refractivity contribution in [2.45, 2.75) is 37.2 Å². The number of carbonyl (C=O) groups is 2. The number of aliphatic carboxylic acids is 1. The molecule has 2 aliphatic rings. The number of nitrogens with one attached hydrogen (secondary N) is 1. The molecule has 0 aliphatic carbocycles. The van der Waals surface area contributed by atoms with Crippen LogP contribution in [-0.4, -0.2) is 76.5 Å². The molecule has 0 amide bonds. The highest BCUT2D eigenvalue weighted by Gasteiger charge is 2.39. The molecule has 2 bridgehead atoms. The number of halogens is 4. The number of likely N-dealkylation sites (N-methyl/N-ethyl adjacent to an activating group) is 1. The topological polar surface area (TPSA) is 105 Å². The maximum absolute atomic E-state index is 13.6. The Kier molecular flexibility index (Phi) is 6.27. The molecule has 2 aromatic rings. The van der Waals surface area contributed by atoms with Gasteiger partial charge in [-0.05, 0) is 13.1 Å². The maximum Gasteiger partial charge on any atom is 0.490 e. The molecule has 0 radical (unpaired) electrons. The van der Waals surface area contributed by atoms with Crippen molar-refractivity contribution < 1.29 is 41.7 Å². The van der Waals surface area contributed by atoms with E-state index in [4.69, 9.17) is 19.4 Å². The van der Waals surface area contributed by atoms with E-state index in [0.29, 0.717) is 24.2 Å². The second-order valence-electron chi connectivity index (χ2n) is 7.04. The van der Waals surface area contributed by atoms with Crippen LogP contribution >= 0.6 is 0 Å². The Balaban J connectivity index is 0.000000318. The first-order valence-corrected chi connectivity index (χ1v) is 9.00. The molecule has 2 N–H and O–H groups in total. The number of pyridine rings is 1. The summed E-state index contributed by atoms with van der Waals surface area (Å²) in [5.41, 5.74) is 0.578. The number of esters is 1. The first-order chi connectivity index (χ1) is 14.1. The zero-order valence-corrected chi connectivity index (χ0v) is 15.8. The molecule has 164 valence electrons. The van der Waals surface area contributed by atoms with E-state index in [-0.39, 0.29) is 23.7 Å². The summed E-state index contributed by atoms with van der Waals surface area (Å²) in [5.74, 6) is -3.80. The van der Waals surface area contributed by atoms with Crippen LogP contribution < -0.4 is 0 Å². The van der Waals surface area contributed by atoms with Gasteiger partial charge in [0.1, 0.15) is 11.6 Å². The van der Waals surface area contributed by atoms with Crippen LogP contribution in [-0.2, 0) is 14.3 Å². The minimum Gasteiger partial charge on any atom is -0.475 e. The number of aromatic nitrogens is 2. The summed E-state index contributed by atoms with van der Waals surface area (Å²) < 4.78 is 56.6. The van der Waals surface area contributed by atoms with E-state index < -0.39 is 24.1 Å². The second kappa shape index (κ2) is 8.56. The third kappa shape index (κ3) is 4.70. The molecule has 0 saturated carbocycles. The van der Waals surface area contributed by atoms with Crippen molar-refractivity contribution in [3.63, 3.8) is 0 Å². The SMILES string of the molecule is CN1[C@@H]2COC[C@H]1CC(OC(=O)c1c[nH]c3c(F)nccc13)C2.O=C(O)C(F)(F)F. The average molecular weight is 433 g/mol. The van der Waals surface area contributed by atoms with Gasteiger partial charge >= 0.3 is 18.1 Å². The van der Waals surface area contributed by atoms with Crippen LogP contribution in [0.1, 0.15) is 23.2 Å². The Labute approximate surface area is 167 Å². The number of carbonyl (C=O) groups excluding carboxylic acids is 1. The summed E-state index contributed by atoms with van der Waals surface area (Å²) in [5, 5.41) is 7.62. The Hall–Kier alpha value is -2.73. The quantitative estimate of drug-likeness (QED) is 0.426. The van der Waals surface area contributed by atoms with Crippen LogP contribution in [0, 0.1) is 5.95 Å². The van der Waals surface area contributed by atoms with Crippen LogP contribution in [0.4, 0.5) is 17.6 Å².